The fourth-order valence-electron chi connectivity index (χ4n) is 8.98. The first-order chi connectivity index (χ1) is 29.9. The second kappa shape index (κ2) is 15.8. The third-order valence-electron chi connectivity index (χ3n) is 12.6. The van der Waals surface area contributed by atoms with E-state index in [1.807, 2.05) is 6.20 Å². The van der Waals surface area contributed by atoms with E-state index in [9.17, 15) is 0 Å². The van der Waals surface area contributed by atoms with E-state index in [-0.39, 0.29) is 16.2 Å². The molecule has 8 aromatic rings. The summed E-state index contributed by atoms with van der Waals surface area (Å²) in [6.45, 7) is 25.8. The fourth-order valence-corrected chi connectivity index (χ4v) is 8.98. The van der Waals surface area contributed by atoms with E-state index in [1.165, 1.54) is 61.2 Å². The lowest BCUT2D eigenvalue weighted by Crippen LogP contribution is -2.24. The summed E-state index contributed by atoms with van der Waals surface area (Å²) < 4.78 is 9.14. The summed E-state index contributed by atoms with van der Waals surface area (Å²) in [6, 6.07) is 51.2. The van der Waals surface area contributed by atoms with Crippen LogP contribution in [0.25, 0.3) is 38.8 Å². The summed E-state index contributed by atoms with van der Waals surface area (Å²) in [5, 5.41) is 2.40. The summed E-state index contributed by atoms with van der Waals surface area (Å²) in [6.07, 6.45) is 2.95. The molecular weight excluding hydrogens is 769 g/mol. The first-order valence-electron chi connectivity index (χ1n) is 22.6. The molecule has 2 aromatic heterocycles. The van der Waals surface area contributed by atoms with Crippen LogP contribution in [0.2, 0.25) is 0 Å². The lowest BCUT2D eigenvalue weighted by molar-refractivity contribution is 0.483. The summed E-state index contributed by atoms with van der Waals surface area (Å²) in [7, 11) is 0. The molecule has 0 unspecified atom stereocenters. The zero-order chi connectivity index (χ0) is 44.4. The van der Waals surface area contributed by atoms with Crippen molar-refractivity contribution >= 4 is 44.6 Å². The lowest BCUT2D eigenvalue weighted by atomic mass is 9.84. The highest BCUT2D eigenvalue weighted by molar-refractivity contribution is 6.10. The van der Waals surface area contributed by atoms with Gasteiger partial charge in [-0.25, -0.2) is 4.98 Å². The highest BCUT2D eigenvalue weighted by atomic mass is 16.5. The Morgan fingerprint density at radius 3 is 1.95 bits per heavy atom. The van der Waals surface area contributed by atoms with Gasteiger partial charge in [0.2, 0.25) is 0 Å². The predicted octanol–water partition coefficient (Wildman–Crippen LogP) is 16.0. The Kier molecular flexibility index (Phi) is 10.5. The first-order valence-corrected chi connectivity index (χ1v) is 22.6. The highest BCUT2D eigenvalue weighted by Gasteiger charge is 2.31. The van der Waals surface area contributed by atoms with Crippen LogP contribution < -0.4 is 14.5 Å². The normalized spacial score (nSPS) is 13.4. The van der Waals surface area contributed by atoms with E-state index in [0.717, 1.165) is 40.5 Å². The molecule has 63 heavy (non-hydrogen) atoms. The summed E-state index contributed by atoms with van der Waals surface area (Å²) >= 11 is 0. The molecule has 320 valence electrons. The summed E-state index contributed by atoms with van der Waals surface area (Å²) in [4.78, 5) is 9.85. The summed E-state index contributed by atoms with van der Waals surface area (Å²) in [5.74, 6) is 3.04. The standard InChI is InChI=1S/C58H62N4O/c1-38(2)28-39-26-27-59-55(29-39)62-51-24-20-42(56(3,4)5)33-50(51)49-23-22-48(36-53(49)62)63-47-19-15-18-45(35-47)60-37-61(54-34-43(57(6,7)8)21-25-52(54)60)46-31-41(40-16-13-12-14-17-40)30-44(32-46)58(9,10)11/h12-27,29-36,38H,28,37H2,1-11H3. The van der Waals surface area contributed by atoms with Gasteiger partial charge >= 0.3 is 0 Å². The van der Waals surface area contributed by atoms with Gasteiger partial charge in [0.15, 0.2) is 0 Å². The summed E-state index contributed by atoms with van der Waals surface area (Å²) in [5.41, 5.74) is 14.5. The van der Waals surface area contributed by atoms with Gasteiger partial charge in [-0.3, -0.25) is 4.57 Å². The number of hydrogen-bond donors (Lipinski definition) is 0. The van der Waals surface area contributed by atoms with E-state index >= 15 is 0 Å². The minimum Gasteiger partial charge on any atom is -0.457 e. The number of benzene rings is 6. The molecule has 0 saturated carbocycles. The van der Waals surface area contributed by atoms with Crippen LogP contribution in [-0.4, -0.2) is 16.2 Å². The van der Waals surface area contributed by atoms with Crippen molar-refractivity contribution < 1.29 is 4.74 Å². The number of anilines is 4. The van der Waals surface area contributed by atoms with Crippen molar-refractivity contribution in [1.82, 2.24) is 9.55 Å². The largest absolute Gasteiger partial charge is 0.457 e. The van der Waals surface area contributed by atoms with Crippen LogP contribution in [-0.2, 0) is 22.7 Å². The minimum atomic E-state index is -0.0260. The van der Waals surface area contributed by atoms with E-state index in [0.29, 0.717) is 12.6 Å². The highest BCUT2D eigenvalue weighted by Crippen LogP contribution is 2.48. The second-order valence-electron chi connectivity index (χ2n) is 21.1. The van der Waals surface area contributed by atoms with Crippen molar-refractivity contribution in [3.63, 3.8) is 0 Å². The molecule has 9 rings (SSSR count). The minimum absolute atomic E-state index is 0.00102. The number of fused-ring (bicyclic) bond motifs is 4. The zero-order valence-corrected chi connectivity index (χ0v) is 39.0. The SMILES string of the molecule is CC(C)Cc1ccnc(-n2c3ccc(C(C)(C)C)cc3c3ccc(Oc4cccc(N5CN(c6cc(-c7ccccc7)cc(C(C)(C)C)c6)c6cc(C(C)(C)C)ccc65)c4)cc32)c1. The third-order valence-corrected chi connectivity index (χ3v) is 12.6. The van der Waals surface area contributed by atoms with Crippen molar-refractivity contribution in [2.45, 2.75) is 98.8 Å². The zero-order valence-electron chi connectivity index (χ0n) is 39.0. The number of hydrogen-bond acceptors (Lipinski definition) is 4. The monoisotopic (exact) mass is 830 g/mol. The van der Waals surface area contributed by atoms with Crippen LogP contribution in [0.4, 0.5) is 22.7 Å². The van der Waals surface area contributed by atoms with Gasteiger partial charge in [-0.1, -0.05) is 131 Å². The topological polar surface area (TPSA) is 33.5 Å². The van der Waals surface area contributed by atoms with Gasteiger partial charge in [-0.2, -0.15) is 0 Å². The van der Waals surface area contributed by atoms with Gasteiger partial charge in [-0.15, -0.1) is 0 Å². The molecule has 0 bridgehead atoms. The molecule has 0 N–H and O–H groups in total. The Hall–Kier alpha value is -6.33. The van der Waals surface area contributed by atoms with Gasteiger partial charge in [0.25, 0.3) is 0 Å². The van der Waals surface area contributed by atoms with Crippen molar-refractivity contribution in [1.29, 1.82) is 0 Å². The van der Waals surface area contributed by atoms with Crippen LogP contribution >= 0.6 is 0 Å². The number of aromatic nitrogens is 2. The number of pyridine rings is 1. The van der Waals surface area contributed by atoms with Crippen molar-refractivity contribution in [3.05, 3.63) is 168 Å². The maximum absolute atomic E-state index is 6.84. The first kappa shape index (κ1) is 42.0. The molecule has 5 nitrogen and oxygen atoms in total. The maximum Gasteiger partial charge on any atom is 0.137 e. The van der Waals surface area contributed by atoms with Crippen LogP contribution in [0, 0.1) is 5.92 Å². The molecule has 3 heterocycles. The molecule has 1 aliphatic rings. The van der Waals surface area contributed by atoms with Crippen LogP contribution in [0.3, 0.4) is 0 Å². The Morgan fingerprint density at radius 1 is 0.524 bits per heavy atom. The molecule has 0 aliphatic carbocycles. The van der Waals surface area contributed by atoms with Gasteiger partial charge in [-0.05, 0) is 135 Å². The quantitative estimate of drug-likeness (QED) is 0.153. The van der Waals surface area contributed by atoms with Crippen molar-refractivity contribution in [3.8, 4) is 28.4 Å². The van der Waals surface area contributed by atoms with Gasteiger partial charge < -0.3 is 14.5 Å². The predicted molar refractivity (Wildman–Crippen MR) is 267 cm³/mol. The number of nitrogens with zero attached hydrogens (tertiary/aromatic N) is 4. The van der Waals surface area contributed by atoms with Gasteiger partial charge in [0.1, 0.15) is 24.0 Å². The van der Waals surface area contributed by atoms with Crippen LogP contribution in [0.5, 0.6) is 11.5 Å². The van der Waals surface area contributed by atoms with E-state index < -0.39 is 0 Å². The molecular formula is C58H62N4O. The van der Waals surface area contributed by atoms with Crippen molar-refractivity contribution in [2.24, 2.45) is 5.92 Å². The number of rotatable bonds is 8. The Morgan fingerprint density at radius 2 is 1.22 bits per heavy atom. The maximum atomic E-state index is 6.84. The van der Waals surface area contributed by atoms with Crippen molar-refractivity contribution in [2.75, 3.05) is 16.5 Å². The molecule has 0 amide bonds. The Bertz CT molecular complexity index is 2970. The van der Waals surface area contributed by atoms with Gasteiger partial charge in [0.05, 0.1) is 22.4 Å². The van der Waals surface area contributed by atoms with Gasteiger partial charge in [0, 0.05) is 40.5 Å². The average molecular weight is 831 g/mol. The van der Waals surface area contributed by atoms with Crippen LogP contribution in [0.1, 0.15) is 98.4 Å². The molecule has 1 aliphatic heterocycles. The number of ether oxygens (including phenoxy) is 1. The van der Waals surface area contributed by atoms with E-state index in [2.05, 4.69) is 230 Å². The third kappa shape index (κ3) is 8.34. The molecule has 5 heteroatoms. The molecule has 0 fully saturated rings. The molecule has 0 saturated heterocycles. The van der Waals surface area contributed by atoms with E-state index in [1.54, 1.807) is 0 Å². The fraction of sp³-hybridized carbons (Fsp3) is 0.293. The molecule has 0 atom stereocenters. The smallest absolute Gasteiger partial charge is 0.137 e. The second-order valence-corrected chi connectivity index (χ2v) is 21.1. The average Bonchev–Trinajstić information content (AvgIpc) is 3.78. The molecule has 0 radical (unpaired) electrons. The Balaban J connectivity index is 1.11. The molecule has 6 aromatic carbocycles. The van der Waals surface area contributed by atoms with E-state index in [4.69, 9.17) is 9.72 Å². The lowest BCUT2D eigenvalue weighted by Gasteiger charge is -2.27. The molecule has 0 spiro atoms. The Labute approximate surface area is 375 Å². The van der Waals surface area contributed by atoms with Crippen LogP contribution in [0.15, 0.2) is 146 Å².